The lowest BCUT2D eigenvalue weighted by Gasteiger charge is -2.05. The van der Waals surface area contributed by atoms with E-state index >= 15 is 0 Å². The van der Waals surface area contributed by atoms with Crippen molar-refractivity contribution >= 4 is 23.4 Å². The predicted octanol–water partition coefficient (Wildman–Crippen LogP) is 1.37. The summed E-state index contributed by atoms with van der Waals surface area (Å²) in [5.41, 5.74) is 0.341. The van der Waals surface area contributed by atoms with Crippen LogP contribution < -0.4 is 10.6 Å². The van der Waals surface area contributed by atoms with Gasteiger partial charge in [-0.05, 0) is 24.3 Å². The van der Waals surface area contributed by atoms with Gasteiger partial charge >= 0.3 is 0 Å². The van der Waals surface area contributed by atoms with Gasteiger partial charge in [0.2, 0.25) is 5.91 Å². The van der Waals surface area contributed by atoms with Gasteiger partial charge in [-0.1, -0.05) is 11.6 Å². The Kier molecular flexibility index (Phi) is 4.73. The minimum absolute atomic E-state index is 0.123. The van der Waals surface area contributed by atoms with E-state index in [4.69, 9.17) is 16.0 Å². The molecule has 0 spiro atoms. The maximum absolute atomic E-state index is 11.7. The molecule has 0 saturated heterocycles. The first-order chi connectivity index (χ1) is 9.65. The molecule has 0 saturated carbocycles. The number of aromatic nitrogens is 1. The molecule has 2 aromatic heterocycles. The zero-order chi connectivity index (χ0) is 14.4. The van der Waals surface area contributed by atoms with Crippen LogP contribution in [-0.2, 0) is 11.3 Å². The van der Waals surface area contributed by atoms with Crippen LogP contribution in [0.25, 0.3) is 0 Å². The average molecular weight is 294 g/mol. The van der Waals surface area contributed by atoms with Crippen molar-refractivity contribution < 1.29 is 14.0 Å². The molecule has 2 N–H and O–H groups in total. The van der Waals surface area contributed by atoms with E-state index in [-0.39, 0.29) is 24.9 Å². The van der Waals surface area contributed by atoms with Crippen LogP contribution in [0.4, 0.5) is 0 Å². The summed E-state index contributed by atoms with van der Waals surface area (Å²) in [4.78, 5) is 27.0. The average Bonchev–Trinajstić information content (AvgIpc) is 2.96. The van der Waals surface area contributed by atoms with Crippen LogP contribution in [0.1, 0.15) is 16.1 Å². The third kappa shape index (κ3) is 4.10. The molecule has 0 unspecified atom stereocenters. The van der Waals surface area contributed by atoms with Crippen LogP contribution in [0, 0.1) is 0 Å². The van der Waals surface area contributed by atoms with E-state index in [1.54, 1.807) is 12.1 Å². The van der Waals surface area contributed by atoms with Crippen molar-refractivity contribution in [2.24, 2.45) is 0 Å². The molecule has 2 rings (SSSR count). The minimum Gasteiger partial charge on any atom is -0.467 e. The second-order valence-corrected chi connectivity index (χ2v) is 4.30. The Labute approximate surface area is 120 Å². The van der Waals surface area contributed by atoms with Gasteiger partial charge in [-0.25, -0.2) is 4.98 Å². The highest BCUT2D eigenvalue weighted by atomic mass is 35.5. The van der Waals surface area contributed by atoms with E-state index in [1.165, 1.54) is 24.6 Å². The first kappa shape index (κ1) is 14.1. The smallest absolute Gasteiger partial charge is 0.253 e. The Hall–Kier alpha value is -2.34. The number of nitrogens with zero attached hydrogens (tertiary/aromatic N) is 1. The number of rotatable bonds is 5. The monoisotopic (exact) mass is 293 g/mol. The van der Waals surface area contributed by atoms with E-state index in [0.717, 1.165) is 0 Å². The quantitative estimate of drug-likeness (QED) is 0.816. The Morgan fingerprint density at radius 1 is 1.25 bits per heavy atom. The summed E-state index contributed by atoms with van der Waals surface area (Å²) in [5.74, 6) is -0.0504. The minimum atomic E-state index is -0.387. The molecule has 0 fully saturated rings. The van der Waals surface area contributed by atoms with Crippen LogP contribution in [0.2, 0.25) is 5.15 Å². The molecule has 104 valence electrons. The summed E-state index contributed by atoms with van der Waals surface area (Å²) < 4.78 is 5.07. The van der Waals surface area contributed by atoms with Crippen LogP contribution in [0.5, 0.6) is 0 Å². The predicted molar refractivity (Wildman–Crippen MR) is 72.1 cm³/mol. The van der Waals surface area contributed by atoms with Crippen molar-refractivity contribution in [1.82, 2.24) is 15.6 Å². The number of pyridine rings is 1. The molecule has 0 aliphatic heterocycles. The summed E-state index contributed by atoms with van der Waals surface area (Å²) in [6.45, 7) is 0.159. The van der Waals surface area contributed by atoms with E-state index in [1.807, 2.05) is 0 Å². The van der Waals surface area contributed by atoms with Gasteiger partial charge in [0.15, 0.2) is 0 Å². The molecule has 0 aromatic carbocycles. The molecule has 7 heteroatoms. The number of hydrogen-bond acceptors (Lipinski definition) is 4. The van der Waals surface area contributed by atoms with Gasteiger partial charge in [0.1, 0.15) is 10.9 Å². The molecular weight excluding hydrogens is 282 g/mol. The second-order valence-electron chi connectivity index (χ2n) is 3.91. The third-order valence-corrected chi connectivity index (χ3v) is 2.66. The SMILES string of the molecule is O=C(CNC(=O)c1ccc(Cl)nc1)NCc1ccco1. The molecule has 2 heterocycles. The van der Waals surface area contributed by atoms with Crippen molar-refractivity contribution in [3.63, 3.8) is 0 Å². The normalized spacial score (nSPS) is 10.1. The van der Waals surface area contributed by atoms with Gasteiger partial charge in [0, 0.05) is 6.20 Å². The van der Waals surface area contributed by atoms with Crippen molar-refractivity contribution in [3.8, 4) is 0 Å². The Balaban J connectivity index is 1.75. The first-order valence-electron chi connectivity index (χ1n) is 5.84. The van der Waals surface area contributed by atoms with Crippen molar-refractivity contribution in [3.05, 3.63) is 53.2 Å². The largest absolute Gasteiger partial charge is 0.467 e. The summed E-state index contributed by atoms with van der Waals surface area (Å²) in [6, 6.07) is 6.52. The molecular formula is C13H12ClN3O3. The first-order valence-corrected chi connectivity index (χ1v) is 6.22. The van der Waals surface area contributed by atoms with Crippen molar-refractivity contribution in [2.45, 2.75) is 6.54 Å². The van der Waals surface area contributed by atoms with Gasteiger partial charge in [-0.2, -0.15) is 0 Å². The number of hydrogen-bond donors (Lipinski definition) is 2. The zero-order valence-corrected chi connectivity index (χ0v) is 11.2. The summed E-state index contributed by atoms with van der Waals surface area (Å²) in [7, 11) is 0. The zero-order valence-electron chi connectivity index (χ0n) is 10.4. The summed E-state index contributed by atoms with van der Waals surface area (Å²) in [6.07, 6.45) is 2.87. The maximum Gasteiger partial charge on any atom is 0.253 e. The Morgan fingerprint density at radius 2 is 2.10 bits per heavy atom. The van der Waals surface area contributed by atoms with Crippen LogP contribution >= 0.6 is 11.6 Å². The third-order valence-electron chi connectivity index (χ3n) is 2.44. The van der Waals surface area contributed by atoms with Gasteiger partial charge in [0.05, 0.1) is 24.9 Å². The van der Waals surface area contributed by atoms with Crippen LogP contribution in [-0.4, -0.2) is 23.3 Å². The fourth-order valence-electron chi connectivity index (χ4n) is 1.43. The van der Waals surface area contributed by atoms with Crippen molar-refractivity contribution in [2.75, 3.05) is 6.54 Å². The standard InChI is InChI=1S/C13H12ClN3O3/c14-11-4-3-9(6-15-11)13(19)17-8-12(18)16-7-10-2-1-5-20-10/h1-6H,7-8H2,(H,16,18)(H,17,19). The molecule has 0 radical (unpaired) electrons. The highest BCUT2D eigenvalue weighted by Gasteiger charge is 2.08. The lowest BCUT2D eigenvalue weighted by Crippen LogP contribution is -2.36. The maximum atomic E-state index is 11.7. The fourth-order valence-corrected chi connectivity index (χ4v) is 1.55. The van der Waals surface area contributed by atoms with Crippen LogP contribution in [0.15, 0.2) is 41.1 Å². The fraction of sp³-hybridized carbons (Fsp3) is 0.154. The van der Waals surface area contributed by atoms with E-state index < -0.39 is 0 Å². The molecule has 20 heavy (non-hydrogen) atoms. The number of amides is 2. The van der Waals surface area contributed by atoms with E-state index in [2.05, 4.69) is 15.6 Å². The number of furan rings is 1. The summed E-state index contributed by atoms with van der Waals surface area (Å²) >= 11 is 5.62. The van der Waals surface area contributed by atoms with Gasteiger partial charge in [0.25, 0.3) is 5.91 Å². The molecule has 0 atom stereocenters. The number of carbonyl (C=O) groups is 2. The topological polar surface area (TPSA) is 84.2 Å². The number of nitrogens with one attached hydrogen (secondary N) is 2. The van der Waals surface area contributed by atoms with E-state index in [9.17, 15) is 9.59 Å². The molecule has 6 nitrogen and oxygen atoms in total. The Morgan fingerprint density at radius 3 is 2.75 bits per heavy atom. The number of halogens is 1. The van der Waals surface area contributed by atoms with Crippen molar-refractivity contribution in [1.29, 1.82) is 0 Å². The lowest BCUT2D eigenvalue weighted by molar-refractivity contribution is -0.120. The Bertz CT molecular complexity index is 581. The molecule has 0 aliphatic rings. The highest BCUT2D eigenvalue weighted by Crippen LogP contribution is 2.04. The second kappa shape index (κ2) is 6.72. The number of carbonyl (C=O) groups excluding carboxylic acids is 2. The highest BCUT2D eigenvalue weighted by molar-refractivity contribution is 6.29. The molecule has 2 aromatic rings. The summed E-state index contributed by atoms with van der Waals surface area (Å²) in [5, 5.41) is 5.40. The molecule has 2 amide bonds. The van der Waals surface area contributed by atoms with Crippen LogP contribution in [0.3, 0.4) is 0 Å². The molecule has 0 aliphatic carbocycles. The lowest BCUT2D eigenvalue weighted by atomic mass is 10.3. The van der Waals surface area contributed by atoms with Gasteiger partial charge < -0.3 is 15.1 Å². The van der Waals surface area contributed by atoms with Gasteiger partial charge in [-0.3, -0.25) is 9.59 Å². The molecule has 0 bridgehead atoms. The van der Waals surface area contributed by atoms with E-state index in [0.29, 0.717) is 16.5 Å². The van der Waals surface area contributed by atoms with Gasteiger partial charge in [-0.15, -0.1) is 0 Å².